The highest BCUT2D eigenvalue weighted by atomic mass is 32.1. The van der Waals surface area contributed by atoms with Gasteiger partial charge in [-0.05, 0) is 51.5 Å². The lowest BCUT2D eigenvalue weighted by Gasteiger charge is -2.35. The number of methoxy groups -OCH3 is 1. The van der Waals surface area contributed by atoms with E-state index in [0.29, 0.717) is 40.4 Å². The van der Waals surface area contributed by atoms with Gasteiger partial charge in [-0.15, -0.1) is 11.3 Å². The Morgan fingerprint density at radius 1 is 1.14 bits per heavy atom. The van der Waals surface area contributed by atoms with E-state index in [0.717, 1.165) is 16.9 Å². The number of carbonyl (C=O) groups is 2. The van der Waals surface area contributed by atoms with Crippen LogP contribution in [0.4, 0.5) is 0 Å². The number of benzene rings is 1. The predicted molar refractivity (Wildman–Crippen MR) is 133 cm³/mol. The van der Waals surface area contributed by atoms with Gasteiger partial charge in [0.15, 0.2) is 11.5 Å². The molecule has 3 rings (SSSR count). The van der Waals surface area contributed by atoms with Crippen LogP contribution >= 0.6 is 11.3 Å². The largest absolute Gasteiger partial charge is 0.493 e. The van der Waals surface area contributed by atoms with Gasteiger partial charge in [0.25, 0.3) is 5.56 Å². The molecule has 0 spiro atoms. The molecule has 1 aromatic carbocycles. The van der Waals surface area contributed by atoms with Gasteiger partial charge in [-0.3, -0.25) is 14.2 Å². The van der Waals surface area contributed by atoms with E-state index in [1.165, 1.54) is 10.6 Å². The van der Waals surface area contributed by atoms with Gasteiger partial charge in [0, 0.05) is 13.1 Å². The van der Waals surface area contributed by atoms with Crippen LogP contribution < -0.4 is 24.2 Å². The minimum absolute atomic E-state index is 0.0917. The second-order valence-corrected chi connectivity index (χ2v) is 9.20. The molecule has 2 aromatic rings. The fourth-order valence-electron chi connectivity index (χ4n) is 3.89. The van der Waals surface area contributed by atoms with Gasteiger partial charge < -0.3 is 23.8 Å². The highest BCUT2D eigenvalue weighted by Gasteiger charge is 2.26. The zero-order chi connectivity index (χ0) is 25.5. The van der Waals surface area contributed by atoms with Crippen LogP contribution in [0.3, 0.4) is 0 Å². The maximum Gasteiger partial charge on any atom is 0.333 e. The molecule has 2 atom stereocenters. The van der Waals surface area contributed by atoms with Crippen LogP contribution in [0, 0.1) is 0 Å². The van der Waals surface area contributed by atoms with Crippen LogP contribution in [0.2, 0.25) is 0 Å². The third-order valence-electron chi connectivity index (χ3n) is 5.32. The van der Waals surface area contributed by atoms with Crippen molar-refractivity contribution in [2.75, 3.05) is 33.4 Å². The summed E-state index contributed by atoms with van der Waals surface area (Å²) in [7, 11) is 1.55. The van der Waals surface area contributed by atoms with E-state index in [1.807, 2.05) is 26.8 Å². The zero-order valence-corrected chi connectivity index (χ0v) is 21.6. The number of hydrogen-bond acceptors (Lipinski definition) is 8. The van der Waals surface area contributed by atoms with Gasteiger partial charge in [-0.2, -0.15) is 0 Å². The Balaban J connectivity index is 2.02. The molecule has 0 aliphatic carbocycles. The number of ether oxygens (including phenoxy) is 4. The minimum atomic E-state index is -0.571. The van der Waals surface area contributed by atoms with E-state index < -0.39 is 5.97 Å². The van der Waals surface area contributed by atoms with E-state index >= 15 is 0 Å². The third-order valence-corrected chi connectivity index (χ3v) is 6.38. The first-order valence-electron chi connectivity index (χ1n) is 11.6. The number of aromatic nitrogens is 1. The predicted octanol–water partition coefficient (Wildman–Crippen LogP) is 1.13. The Morgan fingerprint density at radius 2 is 1.86 bits per heavy atom. The highest BCUT2D eigenvalue weighted by molar-refractivity contribution is 7.07. The molecule has 0 N–H and O–H groups in total. The molecule has 1 aliphatic rings. The summed E-state index contributed by atoms with van der Waals surface area (Å²) in [6.45, 7) is 8.82. The summed E-state index contributed by atoms with van der Waals surface area (Å²) >= 11 is 1.12. The molecule has 1 amide bonds. The van der Waals surface area contributed by atoms with E-state index in [-0.39, 0.29) is 36.8 Å². The maximum atomic E-state index is 13.3. The zero-order valence-electron chi connectivity index (χ0n) is 20.7. The summed E-state index contributed by atoms with van der Waals surface area (Å²) in [4.78, 5) is 40.2. The van der Waals surface area contributed by atoms with Crippen molar-refractivity contribution >= 4 is 35.4 Å². The van der Waals surface area contributed by atoms with Gasteiger partial charge >= 0.3 is 5.97 Å². The Labute approximate surface area is 208 Å². The van der Waals surface area contributed by atoms with Crippen molar-refractivity contribution in [3.63, 3.8) is 0 Å². The van der Waals surface area contributed by atoms with Crippen LogP contribution in [0.25, 0.3) is 12.2 Å². The van der Waals surface area contributed by atoms with E-state index in [1.54, 1.807) is 37.1 Å². The molecule has 1 fully saturated rings. The van der Waals surface area contributed by atoms with Crippen molar-refractivity contribution in [3.8, 4) is 11.5 Å². The Kier molecular flexibility index (Phi) is 9.11. The average molecular weight is 505 g/mol. The lowest BCUT2D eigenvalue weighted by atomic mass is 10.2. The normalized spacial score (nSPS) is 19.1. The fraction of sp³-hybridized carbons (Fsp3) is 0.480. The average Bonchev–Trinajstić information content (AvgIpc) is 3.08. The number of amides is 1. The highest BCUT2D eigenvalue weighted by Crippen LogP contribution is 2.28. The molecule has 0 unspecified atom stereocenters. The number of carbonyl (C=O) groups excluding carboxylic acids is 2. The molecule has 10 heteroatoms. The topological polar surface area (TPSA) is 96.3 Å². The van der Waals surface area contributed by atoms with Gasteiger partial charge in [0.1, 0.15) is 11.2 Å². The molecule has 0 saturated carbocycles. The van der Waals surface area contributed by atoms with E-state index in [9.17, 15) is 14.4 Å². The number of hydrogen-bond donors (Lipinski definition) is 0. The Morgan fingerprint density at radius 3 is 2.49 bits per heavy atom. The lowest BCUT2D eigenvalue weighted by Crippen LogP contribution is -2.50. The number of nitrogens with zero attached hydrogens (tertiary/aromatic N) is 2. The van der Waals surface area contributed by atoms with Crippen molar-refractivity contribution in [2.24, 2.45) is 0 Å². The summed E-state index contributed by atoms with van der Waals surface area (Å²) in [6.07, 6.45) is 2.77. The molecule has 9 nitrogen and oxygen atoms in total. The SMILES string of the molecule is CCOC(=O)/C=c1\s/c(=C/c2ccc(OCC)c(OC)c2)c(=O)n1CC(=O)N1C[C@@H](C)O[C@H](C)C1. The Hall–Kier alpha value is -3.11. The van der Waals surface area contributed by atoms with Gasteiger partial charge in [0.05, 0.1) is 43.1 Å². The summed E-state index contributed by atoms with van der Waals surface area (Å²) in [5.74, 6) is 0.366. The summed E-state index contributed by atoms with van der Waals surface area (Å²) < 4.78 is 23.7. The summed E-state index contributed by atoms with van der Waals surface area (Å²) in [5, 5.41) is 0. The van der Waals surface area contributed by atoms with Crippen molar-refractivity contribution < 1.29 is 28.5 Å². The summed E-state index contributed by atoms with van der Waals surface area (Å²) in [6, 6.07) is 5.36. The van der Waals surface area contributed by atoms with Crippen LogP contribution in [0.1, 0.15) is 33.3 Å². The summed E-state index contributed by atoms with van der Waals surface area (Å²) in [5.41, 5.74) is 0.363. The first-order valence-corrected chi connectivity index (χ1v) is 12.4. The number of esters is 1. The number of rotatable bonds is 8. The standard InChI is InChI=1S/C25H32N2O7S/c1-6-32-19-9-8-18(10-20(19)31-5)11-21-25(30)27(23(35-21)12-24(29)33-7-2)15-22(28)26-13-16(3)34-17(4)14-26/h8-12,16-17H,6-7,13-15H2,1-5H3/b21-11+,23-12-/t16-,17-/m1/s1. The van der Waals surface area contributed by atoms with Crippen molar-refractivity contribution in [3.05, 3.63) is 43.3 Å². The van der Waals surface area contributed by atoms with Gasteiger partial charge in [-0.25, -0.2) is 4.79 Å². The van der Waals surface area contributed by atoms with Crippen molar-refractivity contribution in [1.82, 2.24) is 9.47 Å². The second kappa shape index (κ2) is 12.0. The van der Waals surface area contributed by atoms with Crippen molar-refractivity contribution in [1.29, 1.82) is 0 Å². The third kappa shape index (κ3) is 6.73. The second-order valence-electron chi connectivity index (χ2n) is 8.14. The molecule has 1 aliphatic heterocycles. The molecule has 190 valence electrons. The molecule has 0 radical (unpaired) electrons. The molecule has 35 heavy (non-hydrogen) atoms. The van der Waals surface area contributed by atoms with Gasteiger partial charge in [0.2, 0.25) is 5.91 Å². The molecule has 2 heterocycles. The first kappa shape index (κ1) is 26.5. The van der Waals surface area contributed by atoms with Crippen LogP contribution in [-0.4, -0.2) is 67.0 Å². The molecular weight excluding hydrogens is 472 g/mol. The number of thiazole rings is 1. The van der Waals surface area contributed by atoms with E-state index in [2.05, 4.69) is 0 Å². The molecule has 1 saturated heterocycles. The molecule has 1 aromatic heterocycles. The quantitative estimate of drug-likeness (QED) is 0.497. The molecule has 0 bridgehead atoms. The van der Waals surface area contributed by atoms with Crippen LogP contribution in [-0.2, 0) is 25.6 Å². The van der Waals surface area contributed by atoms with E-state index in [4.69, 9.17) is 18.9 Å². The van der Waals surface area contributed by atoms with Crippen LogP contribution in [0.15, 0.2) is 23.0 Å². The monoisotopic (exact) mass is 504 g/mol. The van der Waals surface area contributed by atoms with Crippen molar-refractivity contribution in [2.45, 2.75) is 46.4 Å². The first-order chi connectivity index (χ1) is 16.7. The number of morpholine rings is 1. The fourth-order valence-corrected chi connectivity index (χ4v) is 4.93. The van der Waals surface area contributed by atoms with Gasteiger partial charge in [-0.1, -0.05) is 6.07 Å². The maximum absolute atomic E-state index is 13.3. The smallest absolute Gasteiger partial charge is 0.333 e. The minimum Gasteiger partial charge on any atom is -0.493 e. The Bertz CT molecular complexity index is 1220. The lowest BCUT2D eigenvalue weighted by molar-refractivity contribution is -0.144. The molecular formula is C25H32N2O7S. The van der Waals surface area contributed by atoms with Crippen LogP contribution in [0.5, 0.6) is 11.5 Å².